The van der Waals surface area contributed by atoms with Gasteiger partial charge in [-0.25, -0.2) is 4.79 Å². The fourth-order valence-electron chi connectivity index (χ4n) is 1.97. The second-order valence-corrected chi connectivity index (χ2v) is 7.48. The molecule has 150 valence electrons. The van der Waals surface area contributed by atoms with Crippen molar-refractivity contribution in [3.05, 3.63) is 35.9 Å². The van der Waals surface area contributed by atoms with Gasteiger partial charge in [-0.05, 0) is 38.6 Å². The second kappa shape index (κ2) is 9.93. The van der Waals surface area contributed by atoms with Crippen LogP contribution in [0.5, 0.6) is 11.8 Å². The summed E-state index contributed by atoms with van der Waals surface area (Å²) >= 11 is 1.32. The highest BCUT2D eigenvalue weighted by molar-refractivity contribution is 7.99. The van der Waals surface area contributed by atoms with Crippen molar-refractivity contribution in [1.29, 1.82) is 0 Å². The van der Waals surface area contributed by atoms with Gasteiger partial charge in [0.2, 0.25) is 18.4 Å². The highest BCUT2D eigenvalue weighted by atomic mass is 32.2. The predicted molar refractivity (Wildman–Crippen MR) is 105 cm³/mol. The number of benzene rings is 1. The maximum absolute atomic E-state index is 11.6. The Morgan fingerprint density at radius 1 is 1.14 bits per heavy atom. The van der Waals surface area contributed by atoms with Gasteiger partial charge in [-0.2, -0.15) is 9.97 Å². The molecule has 28 heavy (non-hydrogen) atoms. The van der Waals surface area contributed by atoms with Gasteiger partial charge < -0.3 is 19.0 Å². The molecule has 0 spiro atoms. The van der Waals surface area contributed by atoms with Crippen LogP contribution >= 0.6 is 11.8 Å². The molecule has 0 atom stereocenters. The third-order valence-corrected chi connectivity index (χ3v) is 4.02. The summed E-state index contributed by atoms with van der Waals surface area (Å²) in [5, 5.41) is 4.32. The summed E-state index contributed by atoms with van der Waals surface area (Å²) in [6.45, 7) is 5.10. The van der Waals surface area contributed by atoms with Crippen LogP contribution in [-0.4, -0.2) is 48.6 Å². The Morgan fingerprint density at radius 3 is 2.39 bits per heavy atom. The summed E-state index contributed by atoms with van der Waals surface area (Å²) in [6, 6.07) is 9.11. The van der Waals surface area contributed by atoms with Gasteiger partial charge in [0.1, 0.15) is 5.60 Å². The lowest BCUT2D eigenvalue weighted by atomic mass is 10.2. The maximum Gasteiger partial charge on any atom is 0.347 e. The van der Waals surface area contributed by atoms with E-state index in [1.54, 1.807) is 26.8 Å². The Hall–Kier alpha value is -2.81. The molecule has 0 radical (unpaired) electrons. The maximum atomic E-state index is 11.6. The Kier molecular flexibility index (Phi) is 7.62. The average molecular weight is 405 g/mol. The molecule has 0 bridgehead atoms. The molecule has 2 aromatic rings. The van der Waals surface area contributed by atoms with Crippen molar-refractivity contribution < 1.29 is 23.8 Å². The molecule has 0 saturated carbocycles. The number of aromatic nitrogens is 2. The first kappa shape index (κ1) is 21.5. The molecule has 0 fully saturated rings. The minimum atomic E-state index is -0.564. The number of rotatable bonds is 8. The zero-order chi connectivity index (χ0) is 20.6. The molecule has 0 aliphatic rings. The van der Waals surface area contributed by atoms with E-state index in [0.29, 0.717) is 16.9 Å². The van der Waals surface area contributed by atoms with Crippen LogP contribution in [0.1, 0.15) is 26.3 Å². The number of hydrogen-bond donors (Lipinski definition) is 0. The lowest BCUT2D eigenvalue weighted by Gasteiger charge is -2.18. The number of carbonyl (C=O) groups excluding carboxylic acids is 1. The van der Waals surface area contributed by atoms with Crippen molar-refractivity contribution in [3.63, 3.8) is 0 Å². The molecule has 1 heterocycles. The predicted octanol–water partition coefficient (Wildman–Crippen LogP) is 3.34. The fraction of sp³-hybridized carbons (Fsp3) is 0.368. The first-order valence-electron chi connectivity index (χ1n) is 8.42. The van der Waals surface area contributed by atoms with Crippen molar-refractivity contribution in [1.82, 2.24) is 9.97 Å². The van der Waals surface area contributed by atoms with E-state index in [0.717, 1.165) is 10.5 Å². The number of carbonyl (C=O) groups is 1. The van der Waals surface area contributed by atoms with Crippen LogP contribution in [0.4, 0.5) is 0 Å². The molecule has 0 N–H and O–H groups in total. The summed E-state index contributed by atoms with van der Waals surface area (Å²) in [5.74, 6) is 0.326. The van der Waals surface area contributed by atoms with Crippen molar-refractivity contribution >= 4 is 23.9 Å². The van der Waals surface area contributed by atoms with Crippen LogP contribution in [0.25, 0.3) is 0 Å². The van der Waals surface area contributed by atoms with Gasteiger partial charge in [-0.3, -0.25) is 0 Å². The van der Waals surface area contributed by atoms with Crippen LogP contribution in [-0.2, 0) is 14.4 Å². The van der Waals surface area contributed by atoms with E-state index in [1.807, 2.05) is 24.3 Å². The van der Waals surface area contributed by atoms with Crippen LogP contribution in [0.2, 0.25) is 0 Å². The second-order valence-electron chi connectivity index (χ2n) is 6.47. The summed E-state index contributed by atoms with van der Waals surface area (Å²) in [6.07, 6.45) is 1.52. The van der Waals surface area contributed by atoms with Crippen molar-refractivity contribution in [3.8, 4) is 11.8 Å². The third-order valence-electron chi connectivity index (χ3n) is 3.07. The number of nitrogens with zero attached hydrogens (tertiary/aromatic N) is 3. The van der Waals surface area contributed by atoms with Gasteiger partial charge in [0.05, 0.1) is 26.5 Å². The Bertz CT molecular complexity index is 814. The molecule has 2 rings (SSSR count). The summed E-state index contributed by atoms with van der Waals surface area (Å²) in [7, 11) is 3.05. The quantitative estimate of drug-likeness (QED) is 0.286. The van der Waals surface area contributed by atoms with E-state index in [1.165, 1.54) is 32.2 Å². The lowest BCUT2D eigenvalue weighted by molar-refractivity contribution is -0.160. The standard InChI is InChI=1S/C19H23N3O5S/c1-19(2,3)27-17(23)12-26-20-11-13-8-6-7-9-14(13)28-18-21-15(24-4)10-16(22-18)25-5/h6-11H,12H2,1-5H3/b20-11+. The molecule has 0 amide bonds. The molecule has 0 unspecified atom stereocenters. The molecule has 0 saturated heterocycles. The highest BCUT2D eigenvalue weighted by Crippen LogP contribution is 2.30. The minimum Gasteiger partial charge on any atom is -0.481 e. The molecule has 1 aromatic heterocycles. The topological polar surface area (TPSA) is 92.1 Å². The summed E-state index contributed by atoms with van der Waals surface area (Å²) in [4.78, 5) is 26.1. The highest BCUT2D eigenvalue weighted by Gasteiger charge is 2.16. The molecule has 0 aliphatic carbocycles. The smallest absolute Gasteiger partial charge is 0.347 e. The normalized spacial score (nSPS) is 11.3. The Labute approximate surface area is 168 Å². The van der Waals surface area contributed by atoms with Crippen LogP contribution in [0, 0.1) is 0 Å². The molecule has 9 heteroatoms. The molecule has 1 aromatic carbocycles. The van der Waals surface area contributed by atoms with Gasteiger partial charge in [-0.15, -0.1) is 0 Å². The molecule has 8 nitrogen and oxygen atoms in total. The van der Waals surface area contributed by atoms with E-state index in [9.17, 15) is 4.79 Å². The van der Waals surface area contributed by atoms with E-state index >= 15 is 0 Å². The van der Waals surface area contributed by atoms with Crippen LogP contribution in [0.3, 0.4) is 0 Å². The monoisotopic (exact) mass is 405 g/mol. The van der Waals surface area contributed by atoms with Crippen molar-refractivity contribution in [2.75, 3.05) is 20.8 Å². The first-order chi connectivity index (χ1) is 13.3. The minimum absolute atomic E-state index is 0.265. The van der Waals surface area contributed by atoms with Gasteiger partial charge in [0.15, 0.2) is 5.16 Å². The van der Waals surface area contributed by atoms with Gasteiger partial charge in [-0.1, -0.05) is 23.4 Å². The molecular weight excluding hydrogens is 382 g/mol. The summed E-state index contributed by atoms with van der Waals surface area (Å²) < 4.78 is 15.5. The Balaban J connectivity index is 2.06. The fourth-order valence-corrected chi connectivity index (χ4v) is 2.83. The van der Waals surface area contributed by atoms with E-state index in [4.69, 9.17) is 19.0 Å². The lowest BCUT2D eigenvalue weighted by Crippen LogP contribution is -2.26. The SMILES string of the molecule is COc1cc(OC)nc(Sc2ccccc2/C=N/OCC(=O)OC(C)(C)C)n1. The van der Waals surface area contributed by atoms with Crippen LogP contribution in [0.15, 0.2) is 45.5 Å². The number of oxime groups is 1. The number of esters is 1. The third kappa shape index (κ3) is 7.07. The van der Waals surface area contributed by atoms with E-state index < -0.39 is 11.6 Å². The van der Waals surface area contributed by atoms with Crippen LogP contribution < -0.4 is 9.47 Å². The van der Waals surface area contributed by atoms with Crippen molar-refractivity contribution in [2.24, 2.45) is 5.16 Å². The Morgan fingerprint density at radius 2 is 1.79 bits per heavy atom. The van der Waals surface area contributed by atoms with Crippen molar-refractivity contribution in [2.45, 2.75) is 36.4 Å². The van der Waals surface area contributed by atoms with Gasteiger partial charge in [0.25, 0.3) is 0 Å². The van der Waals surface area contributed by atoms with Gasteiger partial charge >= 0.3 is 5.97 Å². The van der Waals surface area contributed by atoms with E-state index in [-0.39, 0.29) is 6.61 Å². The zero-order valence-corrected chi connectivity index (χ0v) is 17.3. The molecule has 0 aliphatic heterocycles. The zero-order valence-electron chi connectivity index (χ0n) is 16.5. The average Bonchev–Trinajstić information content (AvgIpc) is 2.64. The number of ether oxygens (including phenoxy) is 3. The largest absolute Gasteiger partial charge is 0.481 e. The van der Waals surface area contributed by atoms with Gasteiger partial charge in [0, 0.05) is 10.5 Å². The number of hydrogen-bond acceptors (Lipinski definition) is 9. The molecular formula is C19H23N3O5S. The number of methoxy groups -OCH3 is 2. The van der Waals surface area contributed by atoms with E-state index in [2.05, 4.69) is 15.1 Å². The first-order valence-corrected chi connectivity index (χ1v) is 9.23. The summed E-state index contributed by atoms with van der Waals surface area (Å²) in [5.41, 5.74) is 0.215.